The van der Waals surface area contributed by atoms with Gasteiger partial charge in [-0.25, -0.2) is 4.79 Å². The Morgan fingerprint density at radius 3 is 1.78 bits per heavy atom. The van der Waals surface area contributed by atoms with Crippen LogP contribution in [-0.2, 0) is 17.4 Å². The number of carbonyl (C=O) groups excluding carboxylic acids is 2. The molecule has 6 heteroatoms. The predicted molar refractivity (Wildman–Crippen MR) is 187 cm³/mol. The van der Waals surface area contributed by atoms with Crippen molar-refractivity contribution < 1.29 is 14.7 Å². The van der Waals surface area contributed by atoms with Crippen LogP contribution in [-0.4, -0.2) is 28.0 Å². The SMILES string of the molecule is Cc1cc(C)c(NC(=O)N(Cc2ccc(C(=O)Nc3cc(C(C)(C)C)c(O)c(C(C)(C)C)c3)cc2)C2CCCCCC2)c(C)c1. The molecule has 0 atom stereocenters. The smallest absolute Gasteiger partial charge is 0.322 e. The third kappa shape index (κ3) is 8.47. The second kappa shape index (κ2) is 13.7. The van der Waals surface area contributed by atoms with Gasteiger partial charge in [-0.15, -0.1) is 0 Å². The fourth-order valence-electron chi connectivity index (χ4n) is 6.50. The molecular formula is C39H53N3O3. The number of carbonyl (C=O) groups is 2. The minimum atomic E-state index is -0.293. The van der Waals surface area contributed by atoms with Crippen LogP contribution in [0, 0.1) is 20.8 Å². The number of urea groups is 1. The largest absolute Gasteiger partial charge is 0.507 e. The molecule has 1 aliphatic rings. The first kappa shape index (κ1) is 34.1. The molecule has 4 rings (SSSR count). The Kier molecular flexibility index (Phi) is 10.4. The highest BCUT2D eigenvalue weighted by atomic mass is 16.3. The van der Waals surface area contributed by atoms with Gasteiger partial charge in [-0.05, 0) is 85.4 Å². The summed E-state index contributed by atoms with van der Waals surface area (Å²) < 4.78 is 0. The van der Waals surface area contributed by atoms with Gasteiger partial charge in [0, 0.05) is 40.7 Å². The van der Waals surface area contributed by atoms with Crippen molar-refractivity contribution in [3.05, 3.63) is 87.5 Å². The van der Waals surface area contributed by atoms with E-state index in [0.717, 1.165) is 59.2 Å². The molecule has 0 aliphatic heterocycles. The predicted octanol–water partition coefficient (Wildman–Crippen LogP) is 9.92. The van der Waals surface area contributed by atoms with Crippen LogP contribution in [0.3, 0.4) is 0 Å². The summed E-state index contributed by atoms with van der Waals surface area (Å²) in [5, 5.41) is 17.4. The maximum absolute atomic E-state index is 13.8. The summed E-state index contributed by atoms with van der Waals surface area (Å²) in [6, 6.07) is 15.6. The Balaban J connectivity index is 1.55. The van der Waals surface area contributed by atoms with Gasteiger partial charge in [-0.2, -0.15) is 0 Å². The number of aryl methyl sites for hydroxylation is 3. The Morgan fingerprint density at radius 2 is 1.29 bits per heavy atom. The zero-order valence-corrected chi connectivity index (χ0v) is 28.9. The number of anilines is 2. The number of hydrogen-bond acceptors (Lipinski definition) is 3. The van der Waals surface area contributed by atoms with Gasteiger partial charge in [0.05, 0.1) is 0 Å². The first-order chi connectivity index (χ1) is 21.0. The lowest BCUT2D eigenvalue weighted by atomic mass is 9.79. The Morgan fingerprint density at radius 1 is 0.778 bits per heavy atom. The van der Waals surface area contributed by atoms with E-state index >= 15 is 0 Å². The van der Waals surface area contributed by atoms with Gasteiger partial charge in [0.2, 0.25) is 0 Å². The van der Waals surface area contributed by atoms with Crippen LogP contribution >= 0.6 is 0 Å². The molecule has 0 aromatic heterocycles. The van der Waals surface area contributed by atoms with Gasteiger partial charge < -0.3 is 20.6 Å². The zero-order chi connectivity index (χ0) is 33.1. The Bertz CT molecular complexity index is 1460. The molecule has 1 fully saturated rings. The van der Waals surface area contributed by atoms with Crippen molar-refractivity contribution in [1.82, 2.24) is 4.90 Å². The molecule has 3 aromatic rings. The molecule has 45 heavy (non-hydrogen) atoms. The maximum Gasteiger partial charge on any atom is 0.322 e. The molecule has 6 nitrogen and oxygen atoms in total. The number of phenolic OH excluding ortho intramolecular Hbond substituents is 1. The third-order valence-electron chi connectivity index (χ3n) is 8.99. The van der Waals surface area contributed by atoms with Crippen molar-refractivity contribution in [3.63, 3.8) is 0 Å². The van der Waals surface area contributed by atoms with Gasteiger partial charge in [0.1, 0.15) is 5.75 Å². The van der Waals surface area contributed by atoms with E-state index in [0.29, 0.717) is 17.8 Å². The highest BCUT2D eigenvalue weighted by Gasteiger charge is 2.28. The Hall–Kier alpha value is -3.80. The van der Waals surface area contributed by atoms with Crippen LogP contribution in [0.4, 0.5) is 16.2 Å². The number of benzene rings is 3. The number of nitrogens with one attached hydrogen (secondary N) is 2. The topological polar surface area (TPSA) is 81.7 Å². The van der Waals surface area contributed by atoms with E-state index in [1.807, 2.05) is 55.1 Å². The van der Waals surface area contributed by atoms with Gasteiger partial charge in [-0.3, -0.25) is 4.79 Å². The summed E-state index contributed by atoms with van der Waals surface area (Å²) in [5.74, 6) is 0.0722. The standard InChI is InChI=1S/C39H53N3O3/c1-25-20-26(2)34(27(3)21-25)41-37(45)42(31-14-12-10-11-13-15-31)24-28-16-18-29(19-17-28)36(44)40-30-22-32(38(4,5)6)35(43)33(23-30)39(7,8)9/h16-23,31,43H,10-15,24H2,1-9H3,(H,40,44)(H,41,45). The van der Waals surface area contributed by atoms with Crippen LogP contribution in [0.15, 0.2) is 48.5 Å². The third-order valence-corrected chi connectivity index (χ3v) is 8.99. The monoisotopic (exact) mass is 611 g/mol. The summed E-state index contributed by atoms with van der Waals surface area (Å²) in [6.45, 7) is 19.0. The number of rotatable bonds is 6. The number of aromatic hydroxyl groups is 1. The van der Waals surface area contributed by atoms with Gasteiger partial charge in [-0.1, -0.05) is 97.1 Å². The fraction of sp³-hybridized carbons (Fsp3) is 0.487. The van der Waals surface area contributed by atoms with Crippen molar-refractivity contribution in [2.24, 2.45) is 0 Å². The first-order valence-electron chi connectivity index (χ1n) is 16.5. The molecule has 1 saturated carbocycles. The summed E-state index contributed by atoms with van der Waals surface area (Å²) in [5.41, 5.74) is 7.40. The van der Waals surface area contributed by atoms with Crippen molar-refractivity contribution in [3.8, 4) is 5.75 Å². The molecule has 0 bridgehead atoms. The maximum atomic E-state index is 13.8. The molecule has 0 radical (unpaired) electrons. The van der Waals surface area contributed by atoms with E-state index in [9.17, 15) is 14.7 Å². The highest BCUT2D eigenvalue weighted by molar-refractivity contribution is 6.04. The van der Waals surface area contributed by atoms with E-state index in [4.69, 9.17) is 0 Å². The lowest BCUT2D eigenvalue weighted by molar-refractivity contribution is 0.102. The number of hydrogen-bond donors (Lipinski definition) is 3. The van der Waals surface area contributed by atoms with Crippen LogP contribution in [0.1, 0.15) is 124 Å². The zero-order valence-electron chi connectivity index (χ0n) is 28.9. The van der Waals surface area contributed by atoms with Gasteiger partial charge >= 0.3 is 6.03 Å². The van der Waals surface area contributed by atoms with E-state index < -0.39 is 0 Å². The quantitative estimate of drug-likeness (QED) is 0.192. The number of amides is 3. The Labute approximate surface area is 270 Å². The van der Waals surface area contributed by atoms with Crippen molar-refractivity contribution >= 4 is 23.3 Å². The van der Waals surface area contributed by atoms with Gasteiger partial charge in [0.25, 0.3) is 5.91 Å². The van der Waals surface area contributed by atoms with Crippen LogP contribution < -0.4 is 10.6 Å². The van der Waals surface area contributed by atoms with Gasteiger partial charge in [0.15, 0.2) is 0 Å². The molecule has 3 aromatic carbocycles. The van der Waals surface area contributed by atoms with E-state index in [1.165, 1.54) is 18.4 Å². The van der Waals surface area contributed by atoms with Crippen molar-refractivity contribution in [1.29, 1.82) is 0 Å². The van der Waals surface area contributed by atoms with E-state index in [-0.39, 0.29) is 34.6 Å². The van der Waals surface area contributed by atoms with Crippen molar-refractivity contribution in [2.45, 2.75) is 124 Å². The average molecular weight is 612 g/mol. The van der Waals surface area contributed by atoms with E-state index in [2.05, 4.69) is 71.2 Å². The number of phenols is 1. The first-order valence-corrected chi connectivity index (χ1v) is 16.5. The minimum absolute atomic E-state index is 0.0737. The van der Waals surface area contributed by atoms with Crippen LogP contribution in [0.25, 0.3) is 0 Å². The second-order valence-corrected chi connectivity index (χ2v) is 15.0. The molecule has 3 N–H and O–H groups in total. The molecule has 0 spiro atoms. The minimum Gasteiger partial charge on any atom is -0.507 e. The molecule has 0 heterocycles. The normalized spacial score (nSPS) is 14.5. The number of nitrogens with zero attached hydrogens (tertiary/aromatic N) is 1. The average Bonchev–Trinajstić information content (AvgIpc) is 3.23. The van der Waals surface area contributed by atoms with Crippen molar-refractivity contribution in [2.75, 3.05) is 10.6 Å². The second-order valence-electron chi connectivity index (χ2n) is 15.0. The molecule has 242 valence electrons. The lowest BCUT2D eigenvalue weighted by Gasteiger charge is -2.32. The highest BCUT2D eigenvalue weighted by Crippen LogP contribution is 2.41. The van der Waals surface area contributed by atoms with Crippen LogP contribution in [0.2, 0.25) is 0 Å². The summed E-state index contributed by atoms with van der Waals surface area (Å²) in [6.07, 6.45) is 6.67. The summed E-state index contributed by atoms with van der Waals surface area (Å²) in [4.78, 5) is 29.2. The molecular weight excluding hydrogens is 558 g/mol. The molecule has 1 aliphatic carbocycles. The molecule has 0 unspecified atom stereocenters. The van der Waals surface area contributed by atoms with E-state index in [1.54, 1.807) is 0 Å². The summed E-state index contributed by atoms with van der Waals surface area (Å²) >= 11 is 0. The fourth-order valence-corrected chi connectivity index (χ4v) is 6.50. The molecule has 0 saturated heterocycles. The summed E-state index contributed by atoms with van der Waals surface area (Å²) in [7, 11) is 0. The molecule has 3 amide bonds. The lowest BCUT2D eigenvalue weighted by Crippen LogP contribution is -2.42. The van der Waals surface area contributed by atoms with Crippen LogP contribution in [0.5, 0.6) is 5.75 Å².